The van der Waals surface area contributed by atoms with E-state index in [9.17, 15) is 9.59 Å². The minimum absolute atomic E-state index is 0.259. The van der Waals surface area contributed by atoms with Gasteiger partial charge in [0.15, 0.2) is 11.6 Å². The van der Waals surface area contributed by atoms with Crippen LogP contribution in [-0.4, -0.2) is 16.6 Å². The fourth-order valence-corrected chi connectivity index (χ4v) is 2.89. The summed E-state index contributed by atoms with van der Waals surface area (Å²) in [5.41, 5.74) is 1.21. The number of halogens is 4. The van der Waals surface area contributed by atoms with E-state index in [2.05, 4.69) is 4.98 Å². The second-order valence-corrected chi connectivity index (χ2v) is 7.01. The van der Waals surface area contributed by atoms with E-state index in [1.54, 1.807) is 12.1 Å². The lowest BCUT2D eigenvalue weighted by Crippen LogP contribution is -2.07. The van der Waals surface area contributed by atoms with Crippen LogP contribution in [0.25, 0.3) is 0 Å². The molecule has 0 fully saturated rings. The summed E-state index contributed by atoms with van der Waals surface area (Å²) in [6, 6.07) is 10.6. The molecule has 0 saturated carbocycles. The van der Waals surface area contributed by atoms with E-state index in [0.29, 0.717) is 21.2 Å². The summed E-state index contributed by atoms with van der Waals surface area (Å²) in [6.45, 7) is 0. The Morgan fingerprint density at radius 2 is 1.00 bits per heavy atom. The molecule has 0 aliphatic carbocycles. The van der Waals surface area contributed by atoms with Crippen LogP contribution in [0.3, 0.4) is 0 Å². The predicted octanol–water partition coefficient (Wildman–Crippen LogP) is 6.16. The van der Waals surface area contributed by atoms with Crippen LogP contribution in [0.5, 0.6) is 0 Å². The normalized spacial score (nSPS) is 10.6. The molecule has 0 bridgehead atoms. The average molecular weight is 425 g/mol. The molecule has 0 saturated heterocycles. The lowest BCUT2D eigenvalue weighted by atomic mass is 10.00. The highest BCUT2D eigenvalue weighted by Gasteiger charge is 2.16. The topological polar surface area (TPSA) is 47.0 Å². The Bertz CT molecular complexity index is 955. The quantitative estimate of drug-likeness (QED) is 0.471. The zero-order valence-electron chi connectivity index (χ0n) is 13.0. The number of nitrogens with zero attached hydrogens (tertiary/aromatic N) is 1. The molecule has 1 aromatic heterocycles. The molecule has 0 N–H and O–H groups in total. The molecule has 0 unspecified atom stereocenters. The van der Waals surface area contributed by atoms with Gasteiger partial charge < -0.3 is 0 Å². The van der Waals surface area contributed by atoms with Gasteiger partial charge in [0, 0.05) is 34.6 Å². The van der Waals surface area contributed by atoms with Crippen LogP contribution in [0.1, 0.15) is 31.8 Å². The van der Waals surface area contributed by atoms with E-state index >= 15 is 0 Å². The zero-order chi connectivity index (χ0) is 18.8. The number of rotatable bonds is 4. The molecule has 2 aromatic carbocycles. The number of carbonyl (C=O) groups excluding carboxylic acids is 2. The third-order valence-corrected chi connectivity index (χ3v) is 5.10. The number of ketones is 2. The van der Waals surface area contributed by atoms with Gasteiger partial charge in [-0.3, -0.25) is 14.6 Å². The van der Waals surface area contributed by atoms with Crippen LogP contribution in [0.15, 0.2) is 54.9 Å². The summed E-state index contributed by atoms with van der Waals surface area (Å²) in [5, 5.41) is 1.25. The van der Waals surface area contributed by atoms with Crippen LogP contribution in [0, 0.1) is 0 Å². The van der Waals surface area contributed by atoms with Crippen LogP contribution in [0.4, 0.5) is 0 Å². The molecule has 3 rings (SSSR count). The highest BCUT2D eigenvalue weighted by Crippen LogP contribution is 2.25. The van der Waals surface area contributed by atoms with Gasteiger partial charge >= 0.3 is 0 Å². The number of carbonyl (C=O) groups is 2. The van der Waals surface area contributed by atoms with Gasteiger partial charge in [0.1, 0.15) is 0 Å². The van der Waals surface area contributed by atoms with E-state index < -0.39 is 0 Å². The fraction of sp³-hybridized carbons (Fsp3) is 0. The third-order valence-electron chi connectivity index (χ3n) is 3.63. The molecular formula is C19H9Cl4NO2. The first-order valence-electron chi connectivity index (χ1n) is 7.31. The maximum atomic E-state index is 12.6. The van der Waals surface area contributed by atoms with Crippen molar-refractivity contribution >= 4 is 58.0 Å². The molecule has 7 heteroatoms. The van der Waals surface area contributed by atoms with Crippen LogP contribution in [0.2, 0.25) is 20.1 Å². The molecule has 0 atom stereocenters. The Kier molecular flexibility index (Phi) is 5.64. The summed E-state index contributed by atoms with van der Waals surface area (Å²) >= 11 is 23.7. The van der Waals surface area contributed by atoms with Gasteiger partial charge in [-0.15, -0.1) is 0 Å². The first-order valence-corrected chi connectivity index (χ1v) is 8.82. The number of hydrogen-bond acceptors (Lipinski definition) is 3. The molecular weight excluding hydrogens is 416 g/mol. The molecule has 26 heavy (non-hydrogen) atoms. The van der Waals surface area contributed by atoms with Crippen molar-refractivity contribution in [3.05, 3.63) is 97.2 Å². The highest BCUT2D eigenvalue weighted by molar-refractivity contribution is 6.42. The smallest absolute Gasteiger partial charge is 0.194 e. The van der Waals surface area contributed by atoms with E-state index in [0.717, 1.165) is 0 Å². The van der Waals surface area contributed by atoms with Gasteiger partial charge in [0.05, 0.1) is 20.1 Å². The minimum atomic E-state index is -0.320. The Morgan fingerprint density at radius 3 is 1.38 bits per heavy atom. The summed E-state index contributed by atoms with van der Waals surface area (Å²) < 4.78 is 0. The Morgan fingerprint density at radius 1 is 0.577 bits per heavy atom. The van der Waals surface area contributed by atoms with Gasteiger partial charge in [-0.1, -0.05) is 46.4 Å². The number of hydrogen-bond donors (Lipinski definition) is 0. The van der Waals surface area contributed by atoms with E-state index in [4.69, 9.17) is 46.4 Å². The second-order valence-electron chi connectivity index (χ2n) is 5.38. The van der Waals surface area contributed by atoms with Gasteiger partial charge in [-0.05, 0) is 42.5 Å². The largest absolute Gasteiger partial charge is 0.289 e. The maximum Gasteiger partial charge on any atom is 0.194 e. The summed E-state index contributed by atoms with van der Waals surface area (Å²) in [7, 11) is 0. The van der Waals surface area contributed by atoms with Crippen LogP contribution < -0.4 is 0 Å². The van der Waals surface area contributed by atoms with Gasteiger partial charge in [-0.2, -0.15) is 0 Å². The molecule has 0 aliphatic heterocycles. The maximum absolute atomic E-state index is 12.6. The Balaban J connectivity index is 1.94. The monoisotopic (exact) mass is 423 g/mol. The average Bonchev–Trinajstić information content (AvgIpc) is 2.65. The van der Waals surface area contributed by atoms with Crippen molar-refractivity contribution in [1.29, 1.82) is 0 Å². The molecule has 0 spiro atoms. The van der Waals surface area contributed by atoms with Crippen molar-refractivity contribution in [3.63, 3.8) is 0 Å². The van der Waals surface area contributed by atoms with Crippen molar-refractivity contribution in [2.75, 3.05) is 0 Å². The summed E-state index contributed by atoms with van der Waals surface area (Å²) in [6.07, 6.45) is 2.77. The van der Waals surface area contributed by atoms with Crippen LogP contribution in [-0.2, 0) is 0 Å². The van der Waals surface area contributed by atoms with Gasteiger partial charge in [-0.25, -0.2) is 0 Å². The Labute approximate surface area is 169 Å². The summed E-state index contributed by atoms with van der Waals surface area (Å²) in [5.74, 6) is -0.639. The summed E-state index contributed by atoms with van der Waals surface area (Å²) in [4.78, 5) is 29.3. The van der Waals surface area contributed by atoms with Gasteiger partial charge in [0.2, 0.25) is 0 Å². The number of aromatic nitrogens is 1. The van der Waals surface area contributed by atoms with E-state index in [-0.39, 0.29) is 32.7 Å². The van der Waals surface area contributed by atoms with Crippen molar-refractivity contribution in [3.8, 4) is 0 Å². The molecule has 0 radical (unpaired) electrons. The number of benzene rings is 2. The zero-order valence-corrected chi connectivity index (χ0v) is 16.0. The molecule has 1 heterocycles. The first kappa shape index (κ1) is 18.9. The van der Waals surface area contributed by atoms with E-state index in [1.807, 2.05) is 0 Å². The van der Waals surface area contributed by atoms with Crippen LogP contribution >= 0.6 is 46.4 Å². The highest BCUT2D eigenvalue weighted by atomic mass is 35.5. The predicted molar refractivity (Wildman–Crippen MR) is 104 cm³/mol. The van der Waals surface area contributed by atoms with Crippen molar-refractivity contribution in [1.82, 2.24) is 4.98 Å². The third kappa shape index (κ3) is 3.92. The fourth-order valence-electron chi connectivity index (χ4n) is 2.30. The first-order chi connectivity index (χ1) is 12.4. The Hall–Kier alpha value is -1.91. The molecule has 0 amide bonds. The second kappa shape index (κ2) is 7.77. The van der Waals surface area contributed by atoms with Gasteiger partial charge in [0.25, 0.3) is 0 Å². The molecule has 3 nitrogen and oxygen atoms in total. The standard InChI is InChI=1S/C19H9Cl4NO2/c20-14-3-1-10(6-16(14)22)18(25)12-5-13(9-24-8-12)19(26)11-2-4-15(21)17(23)7-11/h1-9H. The van der Waals surface area contributed by atoms with E-state index in [1.165, 1.54) is 42.7 Å². The molecule has 0 aliphatic rings. The molecule has 130 valence electrons. The number of pyridine rings is 1. The van der Waals surface area contributed by atoms with Crippen molar-refractivity contribution in [2.24, 2.45) is 0 Å². The molecule has 3 aromatic rings. The minimum Gasteiger partial charge on any atom is -0.289 e. The SMILES string of the molecule is O=C(c1cncc(C(=O)c2ccc(Cl)c(Cl)c2)c1)c1ccc(Cl)c(Cl)c1. The lowest BCUT2D eigenvalue weighted by Gasteiger charge is -2.06. The van der Waals surface area contributed by atoms with Crippen molar-refractivity contribution in [2.45, 2.75) is 0 Å². The van der Waals surface area contributed by atoms with Crippen molar-refractivity contribution < 1.29 is 9.59 Å². The lowest BCUT2D eigenvalue weighted by molar-refractivity contribution is 0.103.